The van der Waals surface area contributed by atoms with E-state index in [1.54, 1.807) is 0 Å². The van der Waals surface area contributed by atoms with Crippen molar-refractivity contribution < 1.29 is 0 Å². The van der Waals surface area contributed by atoms with Gasteiger partial charge in [-0.1, -0.05) is 12.1 Å². The van der Waals surface area contributed by atoms with Crippen LogP contribution >= 0.6 is 12.6 Å². The molecular formula is C14H21N5S. The van der Waals surface area contributed by atoms with Gasteiger partial charge in [-0.3, -0.25) is 0 Å². The second-order valence-corrected chi connectivity index (χ2v) is 5.42. The molecule has 2 rings (SSSR count). The van der Waals surface area contributed by atoms with Crippen LogP contribution in [0.1, 0.15) is 22.3 Å². The Bertz CT molecular complexity index is 593. The van der Waals surface area contributed by atoms with Crippen molar-refractivity contribution in [1.29, 1.82) is 0 Å². The topological polar surface area (TPSA) is 70.8 Å². The predicted molar refractivity (Wildman–Crippen MR) is 86.4 cm³/mol. The first-order valence-corrected chi connectivity index (χ1v) is 7.25. The minimum atomic E-state index is 0.335. The minimum Gasteiger partial charge on any atom is -0.368 e. The SMILES string of the molecule is Cc1ccc(C)c(CN(CCS)c2n[nH]c(N)n2)c1C. The highest BCUT2D eigenvalue weighted by Crippen LogP contribution is 2.21. The number of hydrogen-bond acceptors (Lipinski definition) is 5. The maximum absolute atomic E-state index is 5.61. The summed E-state index contributed by atoms with van der Waals surface area (Å²) < 4.78 is 0. The van der Waals surface area contributed by atoms with Gasteiger partial charge in [-0.05, 0) is 43.0 Å². The minimum absolute atomic E-state index is 0.335. The van der Waals surface area contributed by atoms with Crippen LogP contribution < -0.4 is 10.6 Å². The molecule has 20 heavy (non-hydrogen) atoms. The van der Waals surface area contributed by atoms with E-state index in [4.69, 9.17) is 5.73 Å². The van der Waals surface area contributed by atoms with Gasteiger partial charge >= 0.3 is 0 Å². The van der Waals surface area contributed by atoms with Crippen molar-refractivity contribution in [3.05, 3.63) is 34.4 Å². The van der Waals surface area contributed by atoms with E-state index in [0.717, 1.165) is 18.8 Å². The summed E-state index contributed by atoms with van der Waals surface area (Å²) in [5.41, 5.74) is 10.8. The number of H-pyrrole nitrogens is 1. The van der Waals surface area contributed by atoms with Gasteiger partial charge in [-0.2, -0.15) is 17.6 Å². The first-order chi connectivity index (χ1) is 9.52. The number of aromatic nitrogens is 3. The molecule has 0 amide bonds. The second-order valence-electron chi connectivity index (χ2n) is 4.97. The normalized spacial score (nSPS) is 10.8. The molecule has 1 aromatic heterocycles. The molecule has 0 aliphatic rings. The van der Waals surface area contributed by atoms with Crippen molar-refractivity contribution in [3.63, 3.8) is 0 Å². The zero-order valence-electron chi connectivity index (χ0n) is 12.1. The highest BCUT2D eigenvalue weighted by Gasteiger charge is 2.14. The highest BCUT2D eigenvalue weighted by atomic mass is 32.1. The van der Waals surface area contributed by atoms with Crippen LogP contribution in [-0.2, 0) is 6.54 Å². The van der Waals surface area contributed by atoms with Gasteiger partial charge < -0.3 is 10.6 Å². The third-order valence-corrected chi connectivity index (χ3v) is 3.80. The van der Waals surface area contributed by atoms with Crippen LogP contribution in [0.4, 0.5) is 11.9 Å². The van der Waals surface area contributed by atoms with E-state index in [-0.39, 0.29) is 0 Å². The van der Waals surface area contributed by atoms with Crippen LogP contribution in [0.5, 0.6) is 0 Å². The summed E-state index contributed by atoms with van der Waals surface area (Å²) in [5, 5.41) is 6.83. The lowest BCUT2D eigenvalue weighted by molar-refractivity contribution is 0.791. The Balaban J connectivity index is 2.31. The lowest BCUT2D eigenvalue weighted by atomic mass is 9.98. The Morgan fingerprint density at radius 2 is 1.95 bits per heavy atom. The molecule has 0 aliphatic heterocycles. The Labute approximate surface area is 125 Å². The molecule has 5 nitrogen and oxygen atoms in total. The van der Waals surface area contributed by atoms with Gasteiger partial charge in [0.2, 0.25) is 11.9 Å². The lowest BCUT2D eigenvalue weighted by Gasteiger charge is -2.23. The molecule has 1 aromatic carbocycles. The number of nitrogens with zero attached hydrogens (tertiary/aromatic N) is 3. The molecule has 3 N–H and O–H groups in total. The summed E-state index contributed by atoms with van der Waals surface area (Å²) in [6.07, 6.45) is 0. The summed E-state index contributed by atoms with van der Waals surface area (Å²) in [7, 11) is 0. The van der Waals surface area contributed by atoms with E-state index < -0.39 is 0 Å². The van der Waals surface area contributed by atoms with E-state index >= 15 is 0 Å². The second kappa shape index (κ2) is 6.17. The smallest absolute Gasteiger partial charge is 0.246 e. The third-order valence-electron chi connectivity index (χ3n) is 3.60. The largest absolute Gasteiger partial charge is 0.368 e. The number of aromatic amines is 1. The van der Waals surface area contributed by atoms with Crippen LogP contribution in [0.2, 0.25) is 0 Å². The summed E-state index contributed by atoms with van der Waals surface area (Å²) in [6.45, 7) is 7.95. The number of benzene rings is 1. The van der Waals surface area contributed by atoms with Gasteiger partial charge in [0, 0.05) is 18.8 Å². The summed E-state index contributed by atoms with van der Waals surface area (Å²) in [6, 6.07) is 4.31. The third kappa shape index (κ3) is 3.07. The first-order valence-electron chi connectivity index (χ1n) is 6.62. The summed E-state index contributed by atoms with van der Waals surface area (Å²) in [5.74, 6) is 1.69. The van der Waals surface area contributed by atoms with Gasteiger partial charge in [0.05, 0.1) is 0 Å². The monoisotopic (exact) mass is 291 g/mol. The molecule has 0 aliphatic carbocycles. The quantitative estimate of drug-likeness (QED) is 0.739. The fourth-order valence-corrected chi connectivity index (χ4v) is 2.46. The van der Waals surface area contributed by atoms with Gasteiger partial charge in [-0.15, -0.1) is 5.10 Å². The molecular weight excluding hydrogens is 270 g/mol. The van der Waals surface area contributed by atoms with Crippen LogP contribution in [0, 0.1) is 20.8 Å². The number of rotatable bonds is 5. The molecule has 6 heteroatoms. The van der Waals surface area contributed by atoms with Crippen molar-refractivity contribution in [2.75, 3.05) is 22.9 Å². The molecule has 0 unspecified atom stereocenters. The van der Waals surface area contributed by atoms with Crippen molar-refractivity contribution in [1.82, 2.24) is 15.2 Å². The number of nitrogens with one attached hydrogen (secondary N) is 1. The summed E-state index contributed by atoms with van der Waals surface area (Å²) >= 11 is 4.32. The van der Waals surface area contributed by atoms with Gasteiger partial charge in [0.1, 0.15) is 0 Å². The standard InChI is InChI=1S/C14H21N5S/c1-9-4-5-10(2)12(11(9)3)8-19(6-7-20)14-16-13(15)17-18-14/h4-5,20H,6-8H2,1-3H3,(H3,15,16,17,18). The van der Waals surface area contributed by atoms with Crippen LogP contribution in [0.15, 0.2) is 12.1 Å². The molecule has 0 radical (unpaired) electrons. The van der Waals surface area contributed by atoms with Crippen LogP contribution in [0.25, 0.3) is 0 Å². The molecule has 0 bridgehead atoms. The summed E-state index contributed by atoms with van der Waals surface area (Å²) in [4.78, 5) is 6.30. The number of hydrogen-bond donors (Lipinski definition) is 3. The predicted octanol–water partition coefficient (Wildman–Crippen LogP) is 2.25. The Morgan fingerprint density at radius 3 is 2.55 bits per heavy atom. The zero-order valence-corrected chi connectivity index (χ0v) is 13.0. The molecule has 1 heterocycles. The van der Waals surface area contributed by atoms with E-state index in [1.807, 2.05) is 0 Å². The van der Waals surface area contributed by atoms with Gasteiger partial charge in [0.25, 0.3) is 0 Å². The van der Waals surface area contributed by atoms with Gasteiger partial charge in [0.15, 0.2) is 0 Å². The molecule has 0 spiro atoms. The maximum Gasteiger partial charge on any atom is 0.246 e. The molecule has 108 valence electrons. The van der Waals surface area contributed by atoms with E-state index in [2.05, 4.69) is 65.6 Å². The fraction of sp³-hybridized carbons (Fsp3) is 0.429. The number of anilines is 2. The number of nitrogen functional groups attached to an aromatic ring is 1. The maximum atomic E-state index is 5.61. The zero-order chi connectivity index (χ0) is 14.7. The fourth-order valence-electron chi connectivity index (χ4n) is 2.22. The van der Waals surface area contributed by atoms with E-state index in [0.29, 0.717) is 11.9 Å². The molecule has 2 aromatic rings. The average Bonchev–Trinajstić information content (AvgIpc) is 2.84. The van der Waals surface area contributed by atoms with Crippen LogP contribution in [-0.4, -0.2) is 27.5 Å². The molecule has 0 saturated carbocycles. The van der Waals surface area contributed by atoms with Crippen molar-refractivity contribution in [2.45, 2.75) is 27.3 Å². The molecule has 0 fully saturated rings. The highest BCUT2D eigenvalue weighted by molar-refractivity contribution is 7.80. The Kier molecular flexibility index (Phi) is 4.54. The van der Waals surface area contributed by atoms with Crippen molar-refractivity contribution in [3.8, 4) is 0 Å². The lowest BCUT2D eigenvalue weighted by Crippen LogP contribution is -2.27. The average molecular weight is 291 g/mol. The molecule has 0 atom stereocenters. The van der Waals surface area contributed by atoms with Crippen molar-refractivity contribution >= 4 is 24.5 Å². The van der Waals surface area contributed by atoms with Crippen LogP contribution in [0.3, 0.4) is 0 Å². The Hall–Kier alpha value is -1.69. The number of nitrogens with two attached hydrogens (primary N) is 1. The van der Waals surface area contributed by atoms with Gasteiger partial charge in [-0.25, -0.2) is 5.10 Å². The first kappa shape index (κ1) is 14.7. The number of thiol groups is 1. The molecule has 0 saturated heterocycles. The van der Waals surface area contributed by atoms with Crippen molar-refractivity contribution in [2.24, 2.45) is 0 Å². The Morgan fingerprint density at radius 1 is 1.25 bits per heavy atom. The van der Waals surface area contributed by atoms with E-state index in [1.165, 1.54) is 22.3 Å². The number of aryl methyl sites for hydroxylation is 2. The van der Waals surface area contributed by atoms with E-state index in [9.17, 15) is 0 Å².